The molecule has 264 valence electrons. The summed E-state index contributed by atoms with van der Waals surface area (Å²) < 4.78 is 6.54. The molecule has 0 N–H and O–H groups in total. The molecule has 0 atom stereocenters. The molecule has 0 spiro atoms. The molecule has 0 aliphatic rings. The van der Waals surface area contributed by atoms with Gasteiger partial charge in [-0.1, -0.05) is 188 Å². The normalized spacial score (nSPS) is 11.2. The van der Waals surface area contributed by atoms with Crippen LogP contribution >= 0.6 is 0 Å². The number of hydrogen-bond donors (Lipinski definition) is 0. The minimum Gasteiger partial charge on any atom is -0.456 e. The number of anilines is 3. The van der Waals surface area contributed by atoms with Gasteiger partial charge in [0.05, 0.1) is 11.4 Å². The summed E-state index contributed by atoms with van der Waals surface area (Å²) >= 11 is 0. The van der Waals surface area contributed by atoms with Gasteiger partial charge >= 0.3 is 0 Å². The maximum atomic E-state index is 6.54. The predicted molar refractivity (Wildman–Crippen MR) is 236 cm³/mol. The molecule has 0 fully saturated rings. The molecule has 0 bridgehead atoms. The molecule has 1 aromatic heterocycles. The molecule has 0 aliphatic heterocycles. The predicted octanol–water partition coefficient (Wildman–Crippen LogP) is 15.4. The Morgan fingerprint density at radius 1 is 0.286 bits per heavy atom. The van der Waals surface area contributed by atoms with Gasteiger partial charge in [-0.15, -0.1) is 0 Å². The summed E-state index contributed by atoms with van der Waals surface area (Å²) in [5.74, 6) is 0. The molecule has 0 aliphatic carbocycles. The van der Waals surface area contributed by atoms with Crippen molar-refractivity contribution in [2.24, 2.45) is 0 Å². The van der Waals surface area contributed by atoms with Crippen molar-refractivity contribution in [3.05, 3.63) is 224 Å². The van der Waals surface area contributed by atoms with E-state index < -0.39 is 0 Å². The summed E-state index contributed by atoms with van der Waals surface area (Å²) in [5, 5.41) is 2.21. The lowest BCUT2D eigenvalue weighted by Crippen LogP contribution is -2.13. The highest BCUT2D eigenvalue weighted by Gasteiger charge is 2.25. The molecule has 9 aromatic carbocycles. The van der Waals surface area contributed by atoms with Crippen LogP contribution in [0, 0.1) is 0 Å². The highest BCUT2D eigenvalue weighted by Crippen LogP contribution is 2.50. The van der Waals surface area contributed by atoms with E-state index in [-0.39, 0.29) is 0 Å². The Hall–Kier alpha value is -7.42. The van der Waals surface area contributed by atoms with Crippen LogP contribution in [0.3, 0.4) is 0 Å². The van der Waals surface area contributed by atoms with Crippen LogP contribution in [0.1, 0.15) is 0 Å². The van der Waals surface area contributed by atoms with E-state index in [1.807, 2.05) is 12.1 Å². The first-order valence-corrected chi connectivity index (χ1v) is 19.1. The smallest absolute Gasteiger partial charge is 0.137 e. The Morgan fingerprint density at radius 3 is 1.50 bits per heavy atom. The SMILES string of the molecule is c1ccc(-c2ccc(-c3ccccc3N(c3ccc4c(c3)oc3ccccc34)c3cccc(-c4ccccc4)c3-c3ccccc3-c3ccccc3)cc2)cc1. The van der Waals surface area contributed by atoms with Gasteiger partial charge in [0, 0.05) is 33.7 Å². The van der Waals surface area contributed by atoms with E-state index >= 15 is 0 Å². The Labute approximate surface area is 327 Å². The van der Waals surface area contributed by atoms with Crippen molar-refractivity contribution in [2.75, 3.05) is 4.90 Å². The number of hydrogen-bond acceptors (Lipinski definition) is 2. The molecule has 10 aromatic rings. The lowest BCUT2D eigenvalue weighted by molar-refractivity contribution is 0.669. The summed E-state index contributed by atoms with van der Waals surface area (Å²) in [5.41, 5.74) is 16.5. The van der Waals surface area contributed by atoms with E-state index in [4.69, 9.17) is 4.42 Å². The minimum atomic E-state index is 0.851. The van der Waals surface area contributed by atoms with Crippen LogP contribution in [0.25, 0.3) is 77.6 Å². The third-order valence-corrected chi connectivity index (χ3v) is 10.7. The largest absolute Gasteiger partial charge is 0.456 e. The average Bonchev–Trinajstić information content (AvgIpc) is 3.66. The minimum absolute atomic E-state index is 0.851. The van der Waals surface area contributed by atoms with E-state index in [1.165, 1.54) is 22.3 Å². The van der Waals surface area contributed by atoms with Gasteiger partial charge in [0.2, 0.25) is 0 Å². The fraction of sp³-hybridized carbons (Fsp3) is 0. The second-order valence-electron chi connectivity index (χ2n) is 14.1. The maximum absolute atomic E-state index is 6.54. The van der Waals surface area contributed by atoms with Crippen molar-refractivity contribution in [3.63, 3.8) is 0 Å². The molecule has 2 heteroatoms. The van der Waals surface area contributed by atoms with Crippen LogP contribution < -0.4 is 4.90 Å². The molecule has 10 rings (SSSR count). The zero-order chi connectivity index (χ0) is 37.3. The van der Waals surface area contributed by atoms with Crippen molar-refractivity contribution in [2.45, 2.75) is 0 Å². The van der Waals surface area contributed by atoms with E-state index in [0.717, 1.165) is 72.4 Å². The van der Waals surface area contributed by atoms with E-state index in [1.54, 1.807) is 0 Å². The summed E-state index contributed by atoms with van der Waals surface area (Å²) in [4.78, 5) is 2.43. The van der Waals surface area contributed by atoms with Crippen LogP contribution in [-0.2, 0) is 0 Å². The highest BCUT2D eigenvalue weighted by molar-refractivity contribution is 6.07. The average molecular weight is 716 g/mol. The van der Waals surface area contributed by atoms with E-state index in [2.05, 4.69) is 217 Å². The molecule has 0 saturated carbocycles. The van der Waals surface area contributed by atoms with Crippen LogP contribution in [0.2, 0.25) is 0 Å². The summed E-state index contributed by atoms with van der Waals surface area (Å²) in [6, 6.07) is 80.1. The van der Waals surface area contributed by atoms with Gasteiger partial charge < -0.3 is 9.32 Å². The quantitative estimate of drug-likeness (QED) is 0.156. The van der Waals surface area contributed by atoms with Crippen LogP contribution in [0.5, 0.6) is 0 Å². The Morgan fingerprint density at radius 2 is 0.768 bits per heavy atom. The third kappa shape index (κ3) is 6.04. The van der Waals surface area contributed by atoms with Gasteiger partial charge in [-0.25, -0.2) is 0 Å². The van der Waals surface area contributed by atoms with Crippen molar-refractivity contribution >= 4 is 39.0 Å². The second-order valence-corrected chi connectivity index (χ2v) is 14.1. The maximum Gasteiger partial charge on any atom is 0.137 e. The first kappa shape index (κ1) is 33.2. The van der Waals surface area contributed by atoms with Crippen LogP contribution in [0.4, 0.5) is 17.1 Å². The lowest BCUT2D eigenvalue weighted by atomic mass is 9.87. The summed E-state index contributed by atoms with van der Waals surface area (Å²) in [6.45, 7) is 0. The van der Waals surface area contributed by atoms with Gasteiger partial charge in [-0.2, -0.15) is 0 Å². The number of fused-ring (bicyclic) bond motifs is 3. The lowest BCUT2D eigenvalue weighted by Gasteiger charge is -2.31. The zero-order valence-electron chi connectivity index (χ0n) is 30.7. The van der Waals surface area contributed by atoms with Crippen molar-refractivity contribution in [3.8, 4) is 55.6 Å². The summed E-state index contributed by atoms with van der Waals surface area (Å²) in [7, 11) is 0. The number of para-hydroxylation sites is 2. The molecule has 0 radical (unpaired) electrons. The van der Waals surface area contributed by atoms with Crippen molar-refractivity contribution in [1.82, 2.24) is 0 Å². The van der Waals surface area contributed by atoms with Crippen LogP contribution in [-0.4, -0.2) is 0 Å². The molecular formula is C54H37NO. The molecule has 0 amide bonds. The van der Waals surface area contributed by atoms with E-state index in [0.29, 0.717) is 0 Å². The molecule has 0 saturated heterocycles. The van der Waals surface area contributed by atoms with Gasteiger partial charge in [-0.05, 0) is 74.8 Å². The molecule has 1 heterocycles. The van der Waals surface area contributed by atoms with Gasteiger partial charge in [0.25, 0.3) is 0 Å². The first-order chi connectivity index (χ1) is 27.8. The second kappa shape index (κ2) is 14.4. The fourth-order valence-electron chi connectivity index (χ4n) is 8.09. The number of nitrogens with zero attached hydrogens (tertiary/aromatic N) is 1. The fourth-order valence-corrected chi connectivity index (χ4v) is 8.09. The van der Waals surface area contributed by atoms with Crippen LogP contribution in [0.15, 0.2) is 229 Å². The molecule has 2 nitrogen and oxygen atoms in total. The van der Waals surface area contributed by atoms with E-state index in [9.17, 15) is 0 Å². The Balaban J connectivity index is 1.25. The standard InChI is InChI=1S/C54H37NO/c1-4-17-38(18-5-1)39-31-33-42(34-32-39)45-24-12-14-28-50(45)55(43-35-36-48-47-25-13-15-30-52(47)56-53(48)37-43)51-29-16-27-46(41-21-8-3-9-22-41)54(51)49-26-11-10-23-44(49)40-19-6-2-7-20-40/h1-37H. The van der Waals surface area contributed by atoms with Crippen molar-refractivity contribution < 1.29 is 4.42 Å². The summed E-state index contributed by atoms with van der Waals surface area (Å²) in [6.07, 6.45) is 0. The number of rotatable bonds is 8. The monoisotopic (exact) mass is 715 g/mol. The van der Waals surface area contributed by atoms with Gasteiger partial charge in [0.1, 0.15) is 11.2 Å². The Kier molecular flexibility index (Phi) is 8.55. The molecular weight excluding hydrogens is 679 g/mol. The number of benzene rings is 9. The Bertz CT molecular complexity index is 2950. The topological polar surface area (TPSA) is 16.4 Å². The highest BCUT2D eigenvalue weighted by atomic mass is 16.3. The molecule has 0 unspecified atom stereocenters. The number of furan rings is 1. The molecule has 56 heavy (non-hydrogen) atoms. The zero-order valence-corrected chi connectivity index (χ0v) is 30.7. The van der Waals surface area contributed by atoms with Gasteiger partial charge in [-0.3, -0.25) is 0 Å². The van der Waals surface area contributed by atoms with Gasteiger partial charge in [0.15, 0.2) is 0 Å². The first-order valence-electron chi connectivity index (χ1n) is 19.1. The van der Waals surface area contributed by atoms with Crippen molar-refractivity contribution in [1.29, 1.82) is 0 Å². The third-order valence-electron chi connectivity index (χ3n) is 10.7.